The van der Waals surface area contributed by atoms with Gasteiger partial charge in [0.1, 0.15) is 5.75 Å². The summed E-state index contributed by atoms with van der Waals surface area (Å²) in [5, 5.41) is 9.04. The normalized spacial score (nSPS) is 11.7. The van der Waals surface area contributed by atoms with Crippen molar-refractivity contribution in [2.75, 3.05) is 6.61 Å². The van der Waals surface area contributed by atoms with Crippen LogP contribution >= 0.6 is 0 Å². The first kappa shape index (κ1) is 15.8. The third-order valence-corrected chi connectivity index (χ3v) is 3.50. The number of carboxylic acid groups (broad SMARTS) is 1. The summed E-state index contributed by atoms with van der Waals surface area (Å²) in [7, 11) is 0. The standard InChI is InChI=1S/C19H20O3/c1-3-14(13-19(20)21)17-11-10-16(12-18(17)22-4-2)15-8-6-5-7-9-15/h3,5-12,14H,1,4,13H2,2H3,(H,20,21). The van der Waals surface area contributed by atoms with Crippen molar-refractivity contribution in [1.29, 1.82) is 0 Å². The minimum atomic E-state index is -0.848. The summed E-state index contributed by atoms with van der Waals surface area (Å²) in [5.41, 5.74) is 3.01. The average Bonchev–Trinajstić information content (AvgIpc) is 2.54. The van der Waals surface area contributed by atoms with Crippen molar-refractivity contribution in [2.24, 2.45) is 0 Å². The second kappa shape index (κ2) is 7.46. The van der Waals surface area contributed by atoms with Crippen LogP contribution in [0.5, 0.6) is 5.75 Å². The maximum absolute atomic E-state index is 11.0. The van der Waals surface area contributed by atoms with E-state index in [1.54, 1.807) is 6.08 Å². The highest BCUT2D eigenvalue weighted by atomic mass is 16.5. The lowest BCUT2D eigenvalue weighted by molar-refractivity contribution is -0.137. The van der Waals surface area contributed by atoms with Gasteiger partial charge < -0.3 is 9.84 Å². The van der Waals surface area contributed by atoms with E-state index in [2.05, 4.69) is 6.58 Å². The summed E-state index contributed by atoms with van der Waals surface area (Å²) in [4.78, 5) is 11.0. The van der Waals surface area contributed by atoms with Crippen LogP contribution in [0.2, 0.25) is 0 Å². The van der Waals surface area contributed by atoms with Crippen LogP contribution in [0.25, 0.3) is 11.1 Å². The van der Waals surface area contributed by atoms with Crippen molar-refractivity contribution in [3.05, 3.63) is 66.7 Å². The fourth-order valence-corrected chi connectivity index (χ4v) is 2.44. The number of benzene rings is 2. The number of hydrogen-bond donors (Lipinski definition) is 1. The zero-order valence-electron chi connectivity index (χ0n) is 12.7. The topological polar surface area (TPSA) is 46.5 Å². The Labute approximate surface area is 130 Å². The highest BCUT2D eigenvalue weighted by molar-refractivity contribution is 5.70. The van der Waals surface area contributed by atoms with Crippen molar-refractivity contribution >= 4 is 5.97 Å². The van der Waals surface area contributed by atoms with Gasteiger partial charge in [-0.1, -0.05) is 48.5 Å². The average molecular weight is 296 g/mol. The smallest absolute Gasteiger partial charge is 0.304 e. The van der Waals surface area contributed by atoms with Crippen LogP contribution in [0, 0.1) is 0 Å². The zero-order chi connectivity index (χ0) is 15.9. The molecule has 0 aliphatic carbocycles. The van der Waals surface area contributed by atoms with E-state index in [0.717, 1.165) is 22.4 Å². The molecule has 114 valence electrons. The third-order valence-electron chi connectivity index (χ3n) is 3.50. The highest BCUT2D eigenvalue weighted by Crippen LogP contribution is 2.34. The molecule has 2 rings (SSSR count). The molecule has 0 aromatic heterocycles. The number of ether oxygens (including phenoxy) is 1. The Kier molecular flexibility index (Phi) is 5.37. The maximum Gasteiger partial charge on any atom is 0.304 e. The van der Waals surface area contributed by atoms with E-state index < -0.39 is 5.97 Å². The second-order valence-corrected chi connectivity index (χ2v) is 4.99. The summed E-state index contributed by atoms with van der Waals surface area (Å²) >= 11 is 0. The van der Waals surface area contributed by atoms with Crippen molar-refractivity contribution in [1.82, 2.24) is 0 Å². The third kappa shape index (κ3) is 3.76. The molecule has 0 bridgehead atoms. The van der Waals surface area contributed by atoms with E-state index in [0.29, 0.717) is 6.61 Å². The predicted octanol–water partition coefficient (Wildman–Crippen LogP) is 4.50. The first-order chi connectivity index (χ1) is 10.7. The minimum absolute atomic E-state index is 0.00819. The Bertz CT molecular complexity index is 647. The van der Waals surface area contributed by atoms with E-state index in [1.807, 2.05) is 55.5 Å². The number of rotatable bonds is 7. The Morgan fingerprint density at radius 3 is 2.55 bits per heavy atom. The first-order valence-electron chi connectivity index (χ1n) is 7.32. The molecule has 0 amide bonds. The van der Waals surface area contributed by atoms with Crippen LogP contribution in [0.15, 0.2) is 61.2 Å². The molecule has 3 nitrogen and oxygen atoms in total. The van der Waals surface area contributed by atoms with Crippen LogP contribution in [0.3, 0.4) is 0 Å². The lowest BCUT2D eigenvalue weighted by atomic mass is 9.92. The fourth-order valence-electron chi connectivity index (χ4n) is 2.44. The molecule has 0 aliphatic heterocycles. The van der Waals surface area contributed by atoms with E-state index >= 15 is 0 Å². The molecule has 0 fully saturated rings. The van der Waals surface area contributed by atoms with Gasteiger partial charge in [-0.15, -0.1) is 6.58 Å². The van der Waals surface area contributed by atoms with Gasteiger partial charge in [-0.25, -0.2) is 0 Å². The van der Waals surface area contributed by atoms with Gasteiger partial charge in [-0.3, -0.25) is 4.79 Å². The Hall–Kier alpha value is -2.55. The largest absolute Gasteiger partial charge is 0.494 e. The van der Waals surface area contributed by atoms with Crippen molar-refractivity contribution in [3.63, 3.8) is 0 Å². The van der Waals surface area contributed by atoms with Crippen molar-refractivity contribution in [2.45, 2.75) is 19.3 Å². The molecule has 1 unspecified atom stereocenters. The van der Waals surface area contributed by atoms with Crippen LogP contribution in [0.1, 0.15) is 24.8 Å². The van der Waals surface area contributed by atoms with Gasteiger partial charge in [0.15, 0.2) is 0 Å². The Morgan fingerprint density at radius 2 is 1.95 bits per heavy atom. The maximum atomic E-state index is 11.0. The molecule has 0 saturated carbocycles. The SMILES string of the molecule is C=CC(CC(=O)O)c1ccc(-c2ccccc2)cc1OCC. The highest BCUT2D eigenvalue weighted by Gasteiger charge is 2.17. The van der Waals surface area contributed by atoms with Gasteiger partial charge in [0.2, 0.25) is 0 Å². The van der Waals surface area contributed by atoms with Gasteiger partial charge >= 0.3 is 5.97 Å². The molecule has 1 atom stereocenters. The molecule has 0 aliphatic rings. The zero-order valence-corrected chi connectivity index (χ0v) is 12.7. The van der Waals surface area contributed by atoms with Crippen LogP contribution in [-0.4, -0.2) is 17.7 Å². The number of carbonyl (C=O) groups is 1. The predicted molar refractivity (Wildman–Crippen MR) is 88.2 cm³/mol. The van der Waals surface area contributed by atoms with Crippen LogP contribution in [-0.2, 0) is 4.79 Å². The van der Waals surface area contributed by atoms with Gasteiger partial charge in [0, 0.05) is 11.5 Å². The number of carboxylic acids is 1. The van der Waals surface area contributed by atoms with Gasteiger partial charge in [-0.05, 0) is 24.1 Å². The quantitative estimate of drug-likeness (QED) is 0.765. The van der Waals surface area contributed by atoms with E-state index in [4.69, 9.17) is 9.84 Å². The summed E-state index contributed by atoms with van der Waals surface area (Å²) in [6.45, 7) is 6.20. The fraction of sp³-hybridized carbons (Fsp3) is 0.211. The van der Waals surface area contributed by atoms with E-state index in [9.17, 15) is 4.79 Å². The number of hydrogen-bond acceptors (Lipinski definition) is 2. The molecule has 3 heteroatoms. The summed E-state index contributed by atoms with van der Waals surface area (Å²) in [5.74, 6) is -0.390. The molecule has 2 aromatic rings. The molecule has 2 aromatic carbocycles. The van der Waals surface area contributed by atoms with E-state index in [1.165, 1.54) is 0 Å². The molecular weight excluding hydrogens is 276 g/mol. The number of allylic oxidation sites excluding steroid dienone is 1. The lowest BCUT2D eigenvalue weighted by Crippen LogP contribution is -2.06. The molecule has 0 radical (unpaired) electrons. The molecule has 0 spiro atoms. The monoisotopic (exact) mass is 296 g/mol. The summed E-state index contributed by atoms with van der Waals surface area (Å²) in [6.07, 6.45) is 1.67. The first-order valence-corrected chi connectivity index (χ1v) is 7.32. The van der Waals surface area contributed by atoms with Crippen LogP contribution in [0.4, 0.5) is 0 Å². The molecular formula is C19H20O3. The van der Waals surface area contributed by atoms with E-state index in [-0.39, 0.29) is 12.3 Å². The Morgan fingerprint density at radius 1 is 1.23 bits per heavy atom. The van der Waals surface area contributed by atoms with Gasteiger partial charge in [0.05, 0.1) is 13.0 Å². The second-order valence-electron chi connectivity index (χ2n) is 4.99. The lowest BCUT2D eigenvalue weighted by Gasteiger charge is -2.17. The van der Waals surface area contributed by atoms with Gasteiger partial charge in [-0.2, -0.15) is 0 Å². The van der Waals surface area contributed by atoms with Crippen LogP contribution < -0.4 is 4.74 Å². The summed E-state index contributed by atoms with van der Waals surface area (Å²) in [6, 6.07) is 15.9. The number of aliphatic carboxylic acids is 1. The van der Waals surface area contributed by atoms with Gasteiger partial charge in [0.25, 0.3) is 0 Å². The van der Waals surface area contributed by atoms with Crippen molar-refractivity contribution < 1.29 is 14.6 Å². The minimum Gasteiger partial charge on any atom is -0.494 e. The summed E-state index contributed by atoms with van der Waals surface area (Å²) < 4.78 is 5.72. The molecule has 0 saturated heterocycles. The Balaban J connectivity index is 2.42. The van der Waals surface area contributed by atoms with Crippen molar-refractivity contribution in [3.8, 4) is 16.9 Å². The molecule has 1 N–H and O–H groups in total. The molecule has 0 heterocycles. The molecule has 22 heavy (non-hydrogen) atoms.